The van der Waals surface area contributed by atoms with Crippen molar-refractivity contribution in [2.24, 2.45) is 0 Å². The van der Waals surface area contributed by atoms with Gasteiger partial charge in [-0.05, 0) is 36.9 Å². The van der Waals surface area contributed by atoms with Crippen molar-refractivity contribution >= 4 is 28.9 Å². The largest absolute Gasteiger partial charge is 0.464 e. The van der Waals surface area contributed by atoms with Gasteiger partial charge >= 0.3 is 6.01 Å². The molecule has 0 spiro atoms. The minimum absolute atomic E-state index is 0.151. The summed E-state index contributed by atoms with van der Waals surface area (Å²) in [5.74, 6) is 0.541. The number of hydrogen-bond donors (Lipinski definition) is 0. The summed E-state index contributed by atoms with van der Waals surface area (Å²) in [6.45, 7) is 5.95. The number of thiophene rings is 1. The molecule has 19 heavy (non-hydrogen) atoms. The van der Waals surface area contributed by atoms with Gasteiger partial charge in [-0.3, -0.25) is 0 Å². The maximum atomic E-state index is 5.90. The number of nitrogens with zero attached hydrogens (tertiary/aromatic N) is 4. The molecule has 0 aliphatic rings. The van der Waals surface area contributed by atoms with Crippen molar-refractivity contribution in [1.82, 2.24) is 15.0 Å². The molecular formula is C12H15ClN4OS. The highest BCUT2D eigenvalue weighted by Crippen LogP contribution is 2.19. The highest BCUT2D eigenvalue weighted by molar-refractivity contribution is 7.09. The van der Waals surface area contributed by atoms with E-state index in [-0.39, 0.29) is 11.3 Å². The monoisotopic (exact) mass is 298 g/mol. The summed E-state index contributed by atoms with van der Waals surface area (Å²) < 4.78 is 5.29. The lowest BCUT2D eigenvalue weighted by Gasteiger charge is -2.20. The van der Waals surface area contributed by atoms with Crippen LogP contribution in [0.15, 0.2) is 17.5 Å². The van der Waals surface area contributed by atoms with E-state index in [2.05, 4.69) is 26.4 Å². The quantitative estimate of drug-likeness (QED) is 0.820. The van der Waals surface area contributed by atoms with Crippen LogP contribution in [-0.2, 0) is 6.54 Å². The van der Waals surface area contributed by atoms with Crippen LogP contribution in [0.5, 0.6) is 6.01 Å². The van der Waals surface area contributed by atoms with E-state index in [0.29, 0.717) is 12.6 Å². The maximum Gasteiger partial charge on any atom is 0.322 e. The summed E-state index contributed by atoms with van der Waals surface area (Å²) >= 11 is 7.61. The topological polar surface area (TPSA) is 51.1 Å². The van der Waals surface area contributed by atoms with Gasteiger partial charge in [-0.2, -0.15) is 15.0 Å². The van der Waals surface area contributed by atoms with Crippen LogP contribution in [0.4, 0.5) is 5.95 Å². The van der Waals surface area contributed by atoms with Gasteiger partial charge in [0.05, 0.1) is 13.2 Å². The molecule has 0 amide bonds. The first-order valence-electron chi connectivity index (χ1n) is 6.04. The van der Waals surface area contributed by atoms with Crippen LogP contribution in [0.1, 0.15) is 18.7 Å². The van der Waals surface area contributed by atoms with Gasteiger partial charge in [-0.15, -0.1) is 11.3 Å². The zero-order valence-corrected chi connectivity index (χ0v) is 12.4. The van der Waals surface area contributed by atoms with Gasteiger partial charge in [0.15, 0.2) is 0 Å². The van der Waals surface area contributed by atoms with Crippen molar-refractivity contribution in [3.63, 3.8) is 0 Å². The van der Waals surface area contributed by atoms with Crippen LogP contribution in [0, 0.1) is 0 Å². The van der Waals surface area contributed by atoms with E-state index >= 15 is 0 Å². The number of ether oxygens (including phenoxy) is 1. The molecule has 102 valence electrons. The first-order valence-corrected chi connectivity index (χ1v) is 7.30. The molecule has 0 aliphatic heterocycles. The van der Waals surface area contributed by atoms with Crippen LogP contribution in [0.2, 0.25) is 5.28 Å². The summed E-state index contributed by atoms with van der Waals surface area (Å²) in [5.41, 5.74) is 0. The van der Waals surface area contributed by atoms with Crippen molar-refractivity contribution in [3.05, 3.63) is 27.7 Å². The molecule has 0 aliphatic carbocycles. The first kappa shape index (κ1) is 14.0. The van der Waals surface area contributed by atoms with Gasteiger partial charge in [-0.1, -0.05) is 6.07 Å². The Balaban J connectivity index is 2.21. The minimum Gasteiger partial charge on any atom is -0.464 e. The average molecular weight is 299 g/mol. The molecule has 2 aromatic heterocycles. The SMILES string of the molecule is CCOc1nc(Cl)nc(N(CC)Cc2cccs2)n1. The number of aromatic nitrogens is 3. The Morgan fingerprint density at radius 1 is 1.32 bits per heavy atom. The number of hydrogen-bond acceptors (Lipinski definition) is 6. The number of halogens is 1. The molecule has 5 nitrogen and oxygen atoms in total. The minimum atomic E-state index is 0.151. The van der Waals surface area contributed by atoms with Crippen molar-refractivity contribution in [2.45, 2.75) is 20.4 Å². The summed E-state index contributed by atoms with van der Waals surface area (Å²) in [6, 6.07) is 4.38. The average Bonchev–Trinajstić information content (AvgIpc) is 2.88. The third-order valence-electron chi connectivity index (χ3n) is 2.44. The van der Waals surface area contributed by atoms with Crippen molar-refractivity contribution in [3.8, 4) is 6.01 Å². The predicted molar refractivity (Wildman–Crippen MR) is 77.0 cm³/mol. The molecule has 0 saturated carbocycles. The van der Waals surface area contributed by atoms with Gasteiger partial charge in [0, 0.05) is 11.4 Å². The predicted octanol–water partition coefficient (Wildman–Crippen LogP) is 3.01. The van der Waals surface area contributed by atoms with Gasteiger partial charge in [0.25, 0.3) is 0 Å². The van der Waals surface area contributed by atoms with Gasteiger partial charge in [-0.25, -0.2) is 0 Å². The van der Waals surface area contributed by atoms with E-state index in [0.717, 1.165) is 13.1 Å². The summed E-state index contributed by atoms with van der Waals surface area (Å²) in [7, 11) is 0. The lowest BCUT2D eigenvalue weighted by molar-refractivity contribution is 0.311. The molecular weight excluding hydrogens is 284 g/mol. The zero-order chi connectivity index (χ0) is 13.7. The normalized spacial score (nSPS) is 10.5. The first-order chi connectivity index (χ1) is 9.22. The lowest BCUT2D eigenvalue weighted by atomic mass is 10.4. The van der Waals surface area contributed by atoms with Gasteiger partial charge < -0.3 is 9.64 Å². The summed E-state index contributed by atoms with van der Waals surface area (Å²) in [4.78, 5) is 15.6. The second-order valence-electron chi connectivity index (χ2n) is 3.71. The Bertz CT molecular complexity index is 520. The Hall–Kier alpha value is -1.40. The number of anilines is 1. The van der Waals surface area contributed by atoms with E-state index in [1.54, 1.807) is 11.3 Å². The Morgan fingerprint density at radius 3 is 2.79 bits per heavy atom. The second-order valence-corrected chi connectivity index (χ2v) is 5.08. The molecule has 2 rings (SSSR count). The Kier molecular flexibility index (Phi) is 4.93. The molecule has 0 radical (unpaired) electrons. The van der Waals surface area contributed by atoms with Crippen LogP contribution in [0.25, 0.3) is 0 Å². The molecule has 0 saturated heterocycles. The molecule has 0 fully saturated rings. The molecule has 0 bridgehead atoms. The smallest absolute Gasteiger partial charge is 0.322 e. The third-order valence-corrected chi connectivity index (χ3v) is 3.47. The van der Waals surface area contributed by atoms with Crippen LogP contribution < -0.4 is 9.64 Å². The van der Waals surface area contributed by atoms with Crippen LogP contribution in [-0.4, -0.2) is 28.1 Å². The zero-order valence-electron chi connectivity index (χ0n) is 10.8. The number of rotatable bonds is 6. The van der Waals surface area contributed by atoms with Crippen molar-refractivity contribution in [2.75, 3.05) is 18.1 Å². The van der Waals surface area contributed by atoms with E-state index < -0.39 is 0 Å². The maximum absolute atomic E-state index is 5.90. The fraction of sp³-hybridized carbons (Fsp3) is 0.417. The van der Waals surface area contributed by atoms with E-state index in [1.807, 2.05) is 24.8 Å². The van der Waals surface area contributed by atoms with Crippen LogP contribution >= 0.6 is 22.9 Å². The molecule has 2 aromatic rings. The summed E-state index contributed by atoms with van der Waals surface area (Å²) in [5, 5.41) is 2.20. The highest BCUT2D eigenvalue weighted by Gasteiger charge is 2.13. The van der Waals surface area contributed by atoms with Crippen molar-refractivity contribution in [1.29, 1.82) is 0 Å². The van der Waals surface area contributed by atoms with E-state index in [9.17, 15) is 0 Å². The van der Waals surface area contributed by atoms with Crippen molar-refractivity contribution < 1.29 is 4.74 Å². The summed E-state index contributed by atoms with van der Waals surface area (Å²) in [6.07, 6.45) is 0. The molecule has 0 aromatic carbocycles. The fourth-order valence-electron chi connectivity index (χ4n) is 1.57. The highest BCUT2D eigenvalue weighted by atomic mass is 35.5. The Labute approximate surface area is 121 Å². The molecule has 7 heteroatoms. The lowest BCUT2D eigenvalue weighted by Crippen LogP contribution is -2.24. The van der Waals surface area contributed by atoms with E-state index in [1.165, 1.54) is 4.88 Å². The molecule has 0 unspecified atom stereocenters. The fourth-order valence-corrected chi connectivity index (χ4v) is 2.44. The van der Waals surface area contributed by atoms with Crippen LogP contribution in [0.3, 0.4) is 0 Å². The molecule has 0 N–H and O–H groups in total. The second kappa shape index (κ2) is 6.68. The van der Waals surface area contributed by atoms with Gasteiger partial charge in [0.2, 0.25) is 11.2 Å². The third kappa shape index (κ3) is 3.78. The van der Waals surface area contributed by atoms with Gasteiger partial charge in [0.1, 0.15) is 0 Å². The van der Waals surface area contributed by atoms with E-state index in [4.69, 9.17) is 16.3 Å². The molecule has 0 atom stereocenters. The standard InChI is InChI=1S/C12H15ClN4OS/c1-3-17(8-9-6-5-7-19-9)11-14-10(13)15-12(16-11)18-4-2/h5-7H,3-4,8H2,1-2H3. The molecule has 2 heterocycles. The Morgan fingerprint density at radius 2 is 2.16 bits per heavy atom.